The second kappa shape index (κ2) is 8.25. The van der Waals surface area contributed by atoms with Crippen LogP contribution >= 0.6 is 0 Å². The number of ether oxygens (including phenoxy) is 2. The molecule has 0 radical (unpaired) electrons. The molecule has 2 aliphatic rings. The van der Waals surface area contributed by atoms with Crippen molar-refractivity contribution in [1.29, 1.82) is 0 Å². The van der Waals surface area contributed by atoms with Gasteiger partial charge in [-0.15, -0.1) is 0 Å². The highest BCUT2D eigenvalue weighted by Gasteiger charge is 2.50. The van der Waals surface area contributed by atoms with E-state index in [2.05, 4.69) is 20.8 Å². The first-order chi connectivity index (χ1) is 15.8. The third-order valence-electron chi connectivity index (χ3n) is 6.94. The van der Waals surface area contributed by atoms with Gasteiger partial charge < -0.3 is 18.8 Å². The van der Waals surface area contributed by atoms with E-state index in [1.807, 2.05) is 4.90 Å². The number of hydrogen-bond donors (Lipinski definition) is 0. The molecule has 0 spiro atoms. The van der Waals surface area contributed by atoms with Crippen molar-refractivity contribution in [2.45, 2.75) is 73.3 Å². The zero-order valence-corrected chi connectivity index (χ0v) is 20.6. The topological polar surface area (TPSA) is 103 Å². The Hall–Kier alpha value is -3.16. The van der Waals surface area contributed by atoms with E-state index in [9.17, 15) is 19.2 Å². The second-order valence-electron chi connectivity index (χ2n) is 10.9. The molecule has 182 valence electrons. The van der Waals surface area contributed by atoms with Gasteiger partial charge in [-0.05, 0) is 54.7 Å². The number of aryl methyl sites for hydroxylation is 1. The summed E-state index contributed by atoms with van der Waals surface area (Å²) in [6.07, 6.45) is 2.94. The molecule has 1 aromatic carbocycles. The van der Waals surface area contributed by atoms with Gasteiger partial charge in [0.1, 0.15) is 0 Å². The highest BCUT2D eigenvalue weighted by molar-refractivity contribution is 5.92. The highest BCUT2D eigenvalue weighted by Crippen LogP contribution is 2.52. The standard InChI is InChI=1S/C26H31NO7/c1-14-18-7-8-20(32-15(2)28)23(33-16(3)29)22(18)34-24(31)19(14)9-21(30)27-13-26(6)11-17(27)10-25(4,5)12-26/h7-8,17H,9-13H2,1-6H3/t17-,26-/m0/s1. The molecule has 8 nitrogen and oxygen atoms in total. The molecule has 1 saturated heterocycles. The van der Waals surface area contributed by atoms with Crippen LogP contribution in [0.3, 0.4) is 0 Å². The maximum Gasteiger partial charge on any atom is 0.340 e. The summed E-state index contributed by atoms with van der Waals surface area (Å²) in [4.78, 5) is 51.4. The fourth-order valence-corrected chi connectivity index (χ4v) is 6.10. The summed E-state index contributed by atoms with van der Waals surface area (Å²) in [6.45, 7) is 11.6. The van der Waals surface area contributed by atoms with Gasteiger partial charge in [0.05, 0.1) is 12.0 Å². The van der Waals surface area contributed by atoms with Crippen LogP contribution in [0.25, 0.3) is 11.0 Å². The van der Waals surface area contributed by atoms with Crippen LogP contribution in [0.2, 0.25) is 0 Å². The minimum absolute atomic E-state index is 0.000982. The zero-order valence-electron chi connectivity index (χ0n) is 20.6. The smallest absolute Gasteiger partial charge is 0.340 e. The van der Waals surface area contributed by atoms with Crippen molar-refractivity contribution in [1.82, 2.24) is 4.90 Å². The lowest BCUT2D eigenvalue weighted by molar-refractivity contribution is -0.134. The predicted octanol–water partition coefficient (Wildman–Crippen LogP) is 3.92. The first-order valence-corrected chi connectivity index (χ1v) is 11.5. The summed E-state index contributed by atoms with van der Waals surface area (Å²) in [5.41, 5.74) is 0.432. The van der Waals surface area contributed by atoms with Crippen molar-refractivity contribution in [3.63, 3.8) is 0 Å². The SMILES string of the molecule is CC(=O)Oc1ccc2c(C)c(CC(=O)N3C[C@@]4(C)C[C@@H]3CC(C)(C)C4)c(=O)oc2c1OC(C)=O. The summed E-state index contributed by atoms with van der Waals surface area (Å²) in [5.74, 6) is -1.51. The van der Waals surface area contributed by atoms with Gasteiger partial charge in [-0.2, -0.15) is 0 Å². The molecule has 2 heterocycles. The lowest BCUT2D eigenvalue weighted by Crippen LogP contribution is -2.39. The molecular formula is C26H31NO7. The van der Waals surface area contributed by atoms with Crippen LogP contribution in [0, 0.1) is 17.8 Å². The van der Waals surface area contributed by atoms with E-state index >= 15 is 0 Å². The molecule has 1 saturated carbocycles. The van der Waals surface area contributed by atoms with Crippen LogP contribution in [0.5, 0.6) is 11.5 Å². The molecule has 0 N–H and O–H groups in total. The Bertz CT molecular complexity index is 1260. The van der Waals surface area contributed by atoms with Gasteiger partial charge >= 0.3 is 17.6 Å². The van der Waals surface area contributed by atoms with Crippen molar-refractivity contribution in [2.24, 2.45) is 10.8 Å². The summed E-state index contributed by atoms with van der Waals surface area (Å²) in [6, 6.07) is 3.28. The van der Waals surface area contributed by atoms with E-state index in [-0.39, 0.29) is 51.8 Å². The zero-order chi connectivity index (χ0) is 25.0. The number of amides is 1. The highest BCUT2D eigenvalue weighted by atomic mass is 16.6. The van der Waals surface area contributed by atoms with E-state index in [0.29, 0.717) is 17.5 Å². The third kappa shape index (κ3) is 4.45. The van der Waals surface area contributed by atoms with Crippen LogP contribution in [0.4, 0.5) is 0 Å². The Morgan fingerprint density at radius 3 is 2.41 bits per heavy atom. The third-order valence-corrected chi connectivity index (χ3v) is 6.94. The van der Waals surface area contributed by atoms with Crippen LogP contribution < -0.4 is 15.1 Å². The maximum atomic E-state index is 13.4. The number of rotatable bonds is 4. The average Bonchev–Trinajstić information content (AvgIpc) is 2.95. The van der Waals surface area contributed by atoms with Gasteiger partial charge in [0, 0.05) is 31.8 Å². The minimum Gasteiger partial charge on any atom is -0.423 e. The minimum atomic E-state index is -0.680. The molecular weight excluding hydrogens is 438 g/mol. The van der Waals surface area contributed by atoms with Crippen LogP contribution in [0.1, 0.15) is 65.0 Å². The Morgan fingerprint density at radius 2 is 1.76 bits per heavy atom. The predicted molar refractivity (Wildman–Crippen MR) is 125 cm³/mol. The number of nitrogens with zero attached hydrogens (tertiary/aromatic N) is 1. The van der Waals surface area contributed by atoms with Crippen LogP contribution in [-0.2, 0) is 20.8 Å². The van der Waals surface area contributed by atoms with Gasteiger partial charge in [0.15, 0.2) is 11.3 Å². The van der Waals surface area contributed by atoms with Gasteiger partial charge in [-0.3, -0.25) is 14.4 Å². The molecule has 1 aromatic heterocycles. The number of fused-ring (bicyclic) bond motifs is 3. The van der Waals surface area contributed by atoms with Crippen molar-refractivity contribution < 1.29 is 28.3 Å². The fraction of sp³-hybridized carbons (Fsp3) is 0.538. The molecule has 2 atom stereocenters. The van der Waals surface area contributed by atoms with Crippen LogP contribution in [-0.4, -0.2) is 35.3 Å². The van der Waals surface area contributed by atoms with Gasteiger partial charge in [0.25, 0.3) is 0 Å². The molecule has 1 aliphatic carbocycles. The number of carbonyl (C=O) groups excluding carboxylic acids is 3. The number of carbonyl (C=O) groups is 3. The lowest BCUT2D eigenvalue weighted by Gasteiger charge is -2.39. The van der Waals surface area contributed by atoms with E-state index in [1.165, 1.54) is 19.9 Å². The summed E-state index contributed by atoms with van der Waals surface area (Å²) in [7, 11) is 0. The van der Waals surface area contributed by atoms with Gasteiger partial charge in [0.2, 0.25) is 11.7 Å². The molecule has 34 heavy (non-hydrogen) atoms. The maximum absolute atomic E-state index is 13.4. The molecule has 0 unspecified atom stereocenters. The molecule has 2 bridgehead atoms. The largest absolute Gasteiger partial charge is 0.423 e. The van der Waals surface area contributed by atoms with Gasteiger partial charge in [-0.25, -0.2) is 4.79 Å². The monoisotopic (exact) mass is 469 g/mol. The summed E-state index contributed by atoms with van der Waals surface area (Å²) in [5, 5.41) is 0.503. The average molecular weight is 470 g/mol. The van der Waals surface area contributed by atoms with Gasteiger partial charge in [-0.1, -0.05) is 20.8 Å². The second-order valence-corrected chi connectivity index (χ2v) is 10.9. The van der Waals surface area contributed by atoms with E-state index in [4.69, 9.17) is 13.9 Å². The number of likely N-dealkylation sites (tertiary alicyclic amines) is 1. The normalized spacial score (nSPS) is 23.1. The number of benzene rings is 1. The molecule has 1 aliphatic heterocycles. The van der Waals surface area contributed by atoms with Crippen molar-refractivity contribution >= 4 is 28.8 Å². The Balaban J connectivity index is 1.70. The first kappa shape index (κ1) is 24.0. The fourth-order valence-electron chi connectivity index (χ4n) is 6.10. The summed E-state index contributed by atoms with van der Waals surface area (Å²) < 4.78 is 15.9. The first-order valence-electron chi connectivity index (χ1n) is 11.5. The summed E-state index contributed by atoms with van der Waals surface area (Å²) >= 11 is 0. The Labute approximate surface area is 198 Å². The van der Waals surface area contributed by atoms with Crippen LogP contribution in [0.15, 0.2) is 21.3 Å². The molecule has 2 aromatic rings. The number of esters is 2. The van der Waals surface area contributed by atoms with E-state index < -0.39 is 17.6 Å². The molecule has 8 heteroatoms. The molecule has 1 amide bonds. The Kier molecular flexibility index (Phi) is 5.82. The quantitative estimate of drug-likeness (QED) is 0.380. The number of hydrogen-bond acceptors (Lipinski definition) is 7. The molecule has 4 rings (SSSR count). The van der Waals surface area contributed by atoms with E-state index in [1.54, 1.807) is 13.0 Å². The molecule has 2 fully saturated rings. The van der Waals surface area contributed by atoms with Crippen molar-refractivity contribution in [3.05, 3.63) is 33.7 Å². The van der Waals surface area contributed by atoms with Crippen molar-refractivity contribution in [3.8, 4) is 11.5 Å². The van der Waals surface area contributed by atoms with E-state index in [0.717, 1.165) is 19.3 Å². The Morgan fingerprint density at radius 1 is 1.09 bits per heavy atom. The lowest BCUT2D eigenvalue weighted by atomic mass is 9.65. The van der Waals surface area contributed by atoms with Crippen molar-refractivity contribution in [2.75, 3.05) is 6.54 Å².